The van der Waals surface area contributed by atoms with Crippen LogP contribution in [0, 0.1) is 5.82 Å². The maximum absolute atomic E-state index is 13.8. The zero-order valence-electron chi connectivity index (χ0n) is 24.3. The molecule has 2 unspecified atom stereocenters. The van der Waals surface area contributed by atoms with Crippen molar-refractivity contribution in [1.82, 2.24) is 24.0 Å². The lowest BCUT2D eigenvalue weighted by Gasteiger charge is -2.33. The summed E-state index contributed by atoms with van der Waals surface area (Å²) in [4.78, 5) is 35.6. The predicted molar refractivity (Wildman–Crippen MR) is 165 cm³/mol. The molecule has 3 N–H and O–H groups in total. The highest BCUT2D eigenvalue weighted by molar-refractivity contribution is 5.78. The number of nitrogens with one attached hydrogen (secondary N) is 1. The van der Waals surface area contributed by atoms with Gasteiger partial charge >= 0.3 is 5.69 Å². The van der Waals surface area contributed by atoms with Gasteiger partial charge in [-0.3, -0.25) is 9.36 Å². The lowest BCUT2D eigenvalue weighted by molar-refractivity contribution is -0.132. The molecule has 1 aliphatic rings. The molecule has 0 spiro atoms. The standard InChI is InChI=1S/C33H37FN6O3/c1-43-17-5-16-39-29-8-3-2-7-27(29)36-32(39)23-6-4-15-38(21-23)31(41)20-25(35)18-22-9-12-26(13-10-22)40-30-19-24(34)11-14-28(30)37-33(40)42/h2-3,7-14,19,23,25H,4-6,15-18,20-21,35H2,1H3,(H,37,42). The molecule has 1 amide bonds. The molecule has 0 aliphatic carbocycles. The Bertz CT molecular complexity index is 1790. The quantitative estimate of drug-likeness (QED) is 0.235. The Kier molecular flexibility index (Phi) is 8.40. The lowest BCUT2D eigenvalue weighted by atomic mass is 9.96. The number of H-pyrrole nitrogens is 1. The number of para-hydroxylation sites is 2. The van der Waals surface area contributed by atoms with Crippen LogP contribution in [0.5, 0.6) is 0 Å². The van der Waals surface area contributed by atoms with E-state index in [9.17, 15) is 14.0 Å². The molecule has 5 aromatic rings. The van der Waals surface area contributed by atoms with Gasteiger partial charge < -0.3 is 24.9 Å². The van der Waals surface area contributed by atoms with E-state index in [2.05, 4.69) is 15.6 Å². The lowest BCUT2D eigenvalue weighted by Crippen LogP contribution is -2.42. The Labute approximate surface area is 249 Å². The topological polar surface area (TPSA) is 111 Å². The fraction of sp³-hybridized carbons (Fsp3) is 0.364. The van der Waals surface area contributed by atoms with Gasteiger partial charge in [-0.05, 0) is 67.6 Å². The zero-order chi connectivity index (χ0) is 29.9. The molecule has 10 heteroatoms. The smallest absolute Gasteiger partial charge is 0.331 e. The Morgan fingerprint density at radius 1 is 1.14 bits per heavy atom. The number of nitrogens with zero attached hydrogens (tertiary/aromatic N) is 4. The van der Waals surface area contributed by atoms with Crippen molar-refractivity contribution in [2.45, 2.75) is 50.6 Å². The summed E-state index contributed by atoms with van der Waals surface area (Å²) < 4.78 is 22.9. The predicted octanol–water partition coefficient (Wildman–Crippen LogP) is 4.51. The van der Waals surface area contributed by atoms with Gasteiger partial charge in [0.25, 0.3) is 0 Å². The van der Waals surface area contributed by atoms with Crippen LogP contribution in [-0.4, -0.2) is 62.8 Å². The summed E-state index contributed by atoms with van der Waals surface area (Å²) in [6, 6.07) is 19.5. The van der Waals surface area contributed by atoms with E-state index in [0.29, 0.717) is 36.3 Å². The highest BCUT2D eigenvalue weighted by Gasteiger charge is 2.29. The van der Waals surface area contributed by atoms with Gasteiger partial charge in [0.2, 0.25) is 5.91 Å². The second kappa shape index (κ2) is 12.5. The van der Waals surface area contributed by atoms with Gasteiger partial charge in [-0.25, -0.2) is 14.2 Å². The number of fused-ring (bicyclic) bond motifs is 2. The van der Waals surface area contributed by atoms with Crippen LogP contribution >= 0.6 is 0 Å². The Morgan fingerprint density at radius 2 is 1.95 bits per heavy atom. The number of benzene rings is 3. The maximum atomic E-state index is 13.8. The average Bonchev–Trinajstić information content (AvgIpc) is 3.54. The Balaban J connectivity index is 1.10. The molecule has 0 radical (unpaired) electrons. The monoisotopic (exact) mass is 584 g/mol. The van der Waals surface area contributed by atoms with E-state index in [1.807, 2.05) is 47.4 Å². The van der Waals surface area contributed by atoms with Crippen LogP contribution in [0.2, 0.25) is 0 Å². The third-order valence-electron chi connectivity index (χ3n) is 8.33. The highest BCUT2D eigenvalue weighted by Crippen LogP contribution is 2.30. The van der Waals surface area contributed by atoms with Crippen LogP contribution < -0.4 is 11.4 Å². The summed E-state index contributed by atoms with van der Waals surface area (Å²) >= 11 is 0. The number of imidazole rings is 2. The molecule has 2 atom stereocenters. The number of carbonyl (C=O) groups excluding carboxylic acids is 1. The second-order valence-electron chi connectivity index (χ2n) is 11.4. The average molecular weight is 585 g/mol. The second-order valence-corrected chi connectivity index (χ2v) is 11.4. The number of aryl methyl sites for hydroxylation is 1. The minimum Gasteiger partial charge on any atom is -0.385 e. The Hall–Kier alpha value is -4.28. The first-order valence-electron chi connectivity index (χ1n) is 14.9. The number of aromatic nitrogens is 4. The number of aromatic amines is 1. The first-order chi connectivity index (χ1) is 20.9. The van der Waals surface area contributed by atoms with Crippen molar-refractivity contribution in [1.29, 1.82) is 0 Å². The summed E-state index contributed by atoms with van der Waals surface area (Å²) in [5, 5.41) is 0. The molecule has 2 aromatic heterocycles. The number of carbonyl (C=O) groups is 1. The molecule has 9 nitrogen and oxygen atoms in total. The molecule has 1 fully saturated rings. The van der Waals surface area contributed by atoms with Crippen molar-refractivity contribution in [2.24, 2.45) is 5.73 Å². The number of methoxy groups -OCH3 is 1. The van der Waals surface area contributed by atoms with Crippen molar-refractivity contribution in [2.75, 3.05) is 26.8 Å². The van der Waals surface area contributed by atoms with E-state index >= 15 is 0 Å². The number of halogens is 1. The molecular formula is C33H37FN6O3. The van der Waals surface area contributed by atoms with Gasteiger partial charge in [0, 0.05) is 57.8 Å². The molecule has 3 aromatic carbocycles. The van der Waals surface area contributed by atoms with E-state index in [1.165, 1.54) is 16.7 Å². The van der Waals surface area contributed by atoms with Crippen LogP contribution in [0.4, 0.5) is 4.39 Å². The first-order valence-corrected chi connectivity index (χ1v) is 14.9. The van der Waals surface area contributed by atoms with Gasteiger partial charge in [-0.1, -0.05) is 24.3 Å². The van der Waals surface area contributed by atoms with Crippen LogP contribution in [0.25, 0.3) is 27.8 Å². The molecule has 1 aliphatic heterocycles. The number of rotatable bonds is 10. The van der Waals surface area contributed by atoms with E-state index in [-0.39, 0.29) is 30.0 Å². The number of hydrogen-bond acceptors (Lipinski definition) is 5. The summed E-state index contributed by atoms with van der Waals surface area (Å²) in [5.74, 6) is 0.852. The van der Waals surface area contributed by atoms with E-state index < -0.39 is 5.82 Å². The molecule has 0 saturated carbocycles. The van der Waals surface area contributed by atoms with Crippen LogP contribution in [0.3, 0.4) is 0 Å². The van der Waals surface area contributed by atoms with Crippen molar-refractivity contribution < 1.29 is 13.9 Å². The van der Waals surface area contributed by atoms with Gasteiger partial charge in [-0.2, -0.15) is 0 Å². The van der Waals surface area contributed by atoms with E-state index in [4.69, 9.17) is 15.5 Å². The number of piperidine rings is 1. The van der Waals surface area contributed by atoms with Gasteiger partial charge in [0.05, 0.1) is 27.8 Å². The van der Waals surface area contributed by atoms with Crippen molar-refractivity contribution >= 4 is 28.0 Å². The van der Waals surface area contributed by atoms with Crippen molar-refractivity contribution in [3.8, 4) is 5.69 Å². The summed E-state index contributed by atoms with van der Waals surface area (Å²) in [6.07, 6.45) is 3.58. The van der Waals surface area contributed by atoms with E-state index in [1.54, 1.807) is 13.2 Å². The molecular weight excluding hydrogens is 547 g/mol. The Morgan fingerprint density at radius 3 is 2.77 bits per heavy atom. The summed E-state index contributed by atoms with van der Waals surface area (Å²) in [7, 11) is 1.72. The molecule has 3 heterocycles. The van der Waals surface area contributed by atoms with Crippen LogP contribution in [-0.2, 0) is 22.5 Å². The molecule has 0 bridgehead atoms. The maximum Gasteiger partial charge on any atom is 0.331 e. The first kappa shape index (κ1) is 28.8. The van der Waals surface area contributed by atoms with Gasteiger partial charge in [0.15, 0.2) is 0 Å². The number of hydrogen-bond donors (Lipinski definition) is 2. The van der Waals surface area contributed by atoms with E-state index in [0.717, 1.165) is 54.8 Å². The zero-order valence-corrected chi connectivity index (χ0v) is 24.3. The fourth-order valence-electron chi connectivity index (χ4n) is 6.26. The number of amides is 1. The number of likely N-dealkylation sites (tertiary alicyclic amines) is 1. The van der Waals surface area contributed by atoms with Crippen LogP contribution in [0.15, 0.2) is 71.5 Å². The van der Waals surface area contributed by atoms with Crippen molar-refractivity contribution in [3.05, 3.63) is 94.4 Å². The molecule has 43 heavy (non-hydrogen) atoms. The SMILES string of the molecule is COCCCn1c(C2CCCN(C(=O)CC(N)Cc3ccc(-n4c(=O)[nH]c5ccc(F)cc54)cc3)C2)nc2ccccc21. The number of nitrogens with two attached hydrogens (primary N) is 1. The minimum absolute atomic E-state index is 0.0586. The summed E-state index contributed by atoms with van der Waals surface area (Å²) in [6.45, 7) is 2.86. The minimum atomic E-state index is -0.409. The molecule has 1 saturated heterocycles. The summed E-state index contributed by atoms with van der Waals surface area (Å²) in [5.41, 5.74) is 10.9. The molecule has 6 rings (SSSR count). The largest absolute Gasteiger partial charge is 0.385 e. The van der Waals surface area contributed by atoms with Crippen LogP contribution in [0.1, 0.15) is 43.0 Å². The highest BCUT2D eigenvalue weighted by atomic mass is 19.1. The van der Waals surface area contributed by atoms with Gasteiger partial charge in [0.1, 0.15) is 11.6 Å². The van der Waals surface area contributed by atoms with Gasteiger partial charge in [-0.15, -0.1) is 0 Å². The third-order valence-corrected chi connectivity index (χ3v) is 8.33. The molecule has 224 valence electrons. The number of ether oxygens (including phenoxy) is 1. The third kappa shape index (κ3) is 6.11. The normalized spacial score (nSPS) is 16.3. The van der Waals surface area contributed by atoms with Crippen molar-refractivity contribution in [3.63, 3.8) is 0 Å². The fourth-order valence-corrected chi connectivity index (χ4v) is 6.26.